The molecule has 5 nitrogen and oxygen atoms in total. The second-order valence-electron chi connectivity index (χ2n) is 6.65. The summed E-state index contributed by atoms with van der Waals surface area (Å²) in [6, 6.07) is 12.6. The topological polar surface area (TPSA) is 48.3 Å². The fourth-order valence-corrected chi connectivity index (χ4v) is 3.82. The Balaban J connectivity index is 1.65. The number of nitrogens with zero attached hydrogens (tertiary/aromatic N) is 2. The van der Waals surface area contributed by atoms with Gasteiger partial charge in [0.25, 0.3) is 0 Å². The number of fused-ring (bicyclic) bond motifs is 3. The lowest BCUT2D eigenvalue weighted by Crippen LogP contribution is -2.16. The fourth-order valence-electron chi connectivity index (χ4n) is 3.56. The molecule has 2 aromatic carbocycles. The number of halogens is 1. The lowest BCUT2D eigenvalue weighted by atomic mass is 9.98. The minimum Gasteiger partial charge on any atom is -0.493 e. The summed E-state index contributed by atoms with van der Waals surface area (Å²) in [6.07, 6.45) is 2.86. The highest BCUT2D eigenvalue weighted by atomic mass is 79.9. The van der Waals surface area contributed by atoms with Crippen molar-refractivity contribution in [3.05, 3.63) is 58.2 Å². The maximum absolute atomic E-state index is 5.48. The maximum atomic E-state index is 5.48. The van der Waals surface area contributed by atoms with E-state index in [0.29, 0.717) is 0 Å². The predicted molar refractivity (Wildman–Crippen MR) is 111 cm³/mol. The van der Waals surface area contributed by atoms with Gasteiger partial charge in [-0.15, -0.1) is 0 Å². The summed E-state index contributed by atoms with van der Waals surface area (Å²) in [6.45, 7) is 3.03. The van der Waals surface area contributed by atoms with Crippen molar-refractivity contribution in [1.82, 2.24) is 9.55 Å². The Kier molecular flexibility index (Phi) is 4.83. The number of aromatic nitrogens is 2. The van der Waals surface area contributed by atoms with Crippen LogP contribution in [0.5, 0.6) is 11.5 Å². The van der Waals surface area contributed by atoms with Gasteiger partial charge in [0.1, 0.15) is 0 Å². The monoisotopic (exact) mass is 427 g/mol. The Morgan fingerprint density at radius 3 is 2.52 bits per heavy atom. The molecule has 0 saturated carbocycles. The maximum Gasteiger partial charge on any atom is 0.203 e. The van der Waals surface area contributed by atoms with Gasteiger partial charge in [-0.3, -0.25) is 0 Å². The van der Waals surface area contributed by atoms with Crippen LogP contribution < -0.4 is 14.8 Å². The molecule has 0 aliphatic carbocycles. The van der Waals surface area contributed by atoms with Crippen LogP contribution in [-0.2, 0) is 13.0 Å². The summed E-state index contributed by atoms with van der Waals surface area (Å²) in [5, 5.41) is 3.55. The van der Waals surface area contributed by atoms with Crippen LogP contribution in [0.25, 0.3) is 11.3 Å². The molecule has 6 heteroatoms. The van der Waals surface area contributed by atoms with Gasteiger partial charge in [-0.05, 0) is 48.7 Å². The third-order valence-electron chi connectivity index (χ3n) is 5.06. The zero-order valence-electron chi connectivity index (χ0n) is 15.6. The van der Waals surface area contributed by atoms with Gasteiger partial charge in [0.2, 0.25) is 5.95 Å². The molecule has 27 heavy (non-hydrogen) atoms. The first kappa shape index (κ1) is 17.9. The van der Waals surface area contributed by atoms with Gasteiger partial charge in [0, 0.05) is 16.6 Å². The van der Waals surface area contributed by atoms with E-state index in [1.807, 2.05) is 12.3 Å². The number of anilines is 1. The van der Waals surface area contributed by atoms with E-state index in [1.165, 1.54) is 11.1 Å². The number of ether oxygens (including phenoxy) is 2. The third-order valence-corrected chi connectivity index (χ3v) is 5.59. The van der Waals surface area contributed by atoms with E-state index in [2.05, 4.69) is 68.1 Å². The van der Waals surface area contributed by atoms with Crippen molar-refractivity contribution in [2.75, 3.05) is 19.5 Å². The van der Waals surface area contributed by atoms with Gasteiger partial charge in [0.05, 0.1) is 32.2 Å². The molecule has 0 fully saturated rings. The number of rotatable bonds is 5. The first-order valence-corrected chi connectivity index (χ1v) is 9.72. The first-order chi connectivity index (χ1) is 13.1. The second-order valence-corrected chi connectivity index (χ2v) is 7.57. The Labute approximate surface area is 167 Å². The molecular weight excluding hydrogens is 406 g/mol. The summed E-state index contributed by atoms with van der Waals surface area (Å²) >= 11 is 3.49. The van der Waals surface area contributed by atoms with E-state index in [9.17, 15) is 0 Å². The number of aryl methyl sites for hydroxylation is 1. The Morgan fingerprint density at radius 2 is 1.81 bits per heavy atom. The molecule has 1 unspecified atom stereocenters. The van der Waals surface area contributed by atoms with E-state index in [-0.39, 0.29) is 6.04 Å². The lowest BCUT2D eigenvalue weighted by Gasteiger charge is -2.23. The summed E-state index contributed by atoms with van der Waals surface area (Å²) in [7, 11) is 3.33. The Bertz CT molecular complexity index is 966. The molecule has 1 aliphatic heterocycles. The molecule has 0 radical (unpaired) electrons. The Morgan fingerprint density at radius 1 is 1.11 bits per heavy atom. The van der Waals surface area contributed by atoms with Crippen LogP contribution >= 0.6 is 15.9 Å². The molecule has 1 aromatic heterocycles. The average Bonchev–Trinajstić information content (AvgIpc) is 3.10. The summed E-state index contributed by atoms with van der Waals surface area (Å²) < 4.78 is 14.2. The molecule has 1 N–H and O–H groups in total. The van der Waals surface area contributed by atoms with Gasteiger partial charge in [0.15, 0.2) is 11.5 Å². The molecule has 0 amide bonds. The molecular formula is C21H22BrN3O2. The van der Waals surface area contributed by atoms with Crippen molar-refractivity contribution in [3.8, 4) is 22.8 Å². The number of hydrogen-bond acceptors (Lipinski definition) is 4. The van der Waals surface area contributed by atoms with Crippen LogP contribution in [0, 0.1) is 0 Å². The van der Waals surface area contributed by atoms with Crippen molar-refractivity contribution in [2.45, 2.75) is 25.9 Å². The molecule has 1 aliphatic rings. The van der Waals surface area contributed by atoms with Crippen LogP contribution in [-0.4, -0.2) is 23.8 Å². The molecule has 140 valence electrons. The van der Waals surface area contributed by atoms with E-state index < -0.39 is 0 Å². The van der Waals surface area contributed by atoms with Crippen molar-refractivity contribution in [3.63, 3.8) is 0 Å². The Hall–Kier alpha value is -2.47. The molecule has 0 bridgehead atoms. The molecule has 0 saturated heterocycles. The zero-order valence-corrected chi connectivity index (χ0v) is 17.2. The zero-order chi connectivity index (χ0) is 19.0. The number of imidazole rings is 1. The molecule has 4 rings (SSSR count). The molecule has 2 heterocycles. The number of nitrogens with one attached hydrogen (secondary N) is 1. The minimum absolute atomic E-state index is 0.163. The van der Waals surface area contributed by atoms with Crippen molar-refractivity contribution < 1.29 is 9.47 Å². The highest BCUT2D eigenvalue weighted by molar-refractivity contribution is 9.10. The van der Waals surface area contributed by atoms with Crippen molar-refractivity contribution >= 4 is 21.9 Å². The number of hydrogen-bond donors (Lipinski definition) is 1. The van der Waals surface area contributed by atoms with Gasteiger partial charge in [-0.2, -0.15) is 0 Å². The minimum atomic E-state index is 0.163. The van der Waals surface area contributed by atoms with E-state index >= 15 is 0 Å². The SMILES string of the molecule is COc1cc2c(cc1OC)-c1cnc(NC(C)c3ccc(Br)cc3)n1CC2. The normalized spacial score (nSPS) is 13.5. The summed E-state index contributed by atoms with van der Waals surface area (Å²) in [5.41, 5.74) is 4.73. The smallest absolute Gasteiger partial charge is 0.203 e. The van der Waals surface area contributed by atoms with Crippen LogP contribution in [0.4, 0.5) is 5.95 Å². The van der Waals surface area contributed by atoms with Crippen LogP contribution in [0.1, 0.15) is 24.1 Å². The standard InChI is InChI=1S/C21H22BrN3O2/c1-13(14-4-6-16(22)7-5-14)24-21-23-12-18-17-11-20(27-3)19(26-2)10-15(17)8-9-25(18)21/h4-7,10-13H,8-9H2,1-3H3,(H,23,24). The molecule has 0 spiro atoms. The highest BCUT2D eigenvalue weighted by Crippen LogP contribution is 2.39. The van der Waals surface area contributed by atoms with E-state index in [4.69, 9.17) is 9.47 Å². The second kappa shape index (κ2) is 7.27. The van der Waals surface area contributed by atoms with Crippen LogP contribution in [0.3, 0.4) is 0 Å². The number of methoxy groups -OCH3 is 2. The van der Waals surface area contributed by atoms with Gasteiger partial charge in [-0.1, -0.05) is 28.1 Å². The average molecular weight is 428 g/mol. The van der Waals surface area contributed by atoms with Gasteiger partial charge < -0.3 is 19.4 Å². The molecule has 3 aromatic rings. The van der Waals surface area contributed by atoms with Gasteiger partial charge in [-0.25, -0.2) is 4.98 Å². The van der Waals surface area contributed by atoms with Crippen molar-refractivity contribution in [2.24, 2.45) is 0 Å². The van der Waals surface area contributed by atoms with Crippen LogP contribution in [0.15, 0.2) is 47.1 Å². The number of benzene rings is 2. The lowest BCUT2D eigenvalue weighted by molar-refractivity contribution is 0.354. The van der Waals surface area contributed by atoms with Gasteiger partial charge >= 0.3 is 0 Å². The summed E-state index contributed by atoms with van der Waals surface area (Å²) in [4.78, 5) is 4.65. The van der Waals surface area contributed by atoms with E-state index in [1.54, 1.807) is 14.2 Å². The van der Waals surface area contributed by atoms with Crippen molar-refractivity contribution in [1.29, 1.82) is 0 Å². The van der Waals surface area contributed by atoms with Crippen LogP contribution in [0.2, 0.25) is 0 Å². The highest BCUT2D eigenvalue weighted by Gasteiger charge is 2.23. The largest absolute Gasteiger partial charge is 0.493 e. The third kappa shape index (κ3) is 3.30. The quantitative estimate of drug-likeness (QED) is 0.617. The first-order valence-electron chi connectivity index (χ1n) is 8.93. The van der Waals surface area contributed by atoms with E-state index in [0.717, 1.165) is 46.1 Å². The summed E-state index contributed by atoms with van der Waals surface area (Å²) in [5.74, 6) is 2.40. The molecule has 1 atom stereocenters. The fraction of sp³-hybridized carbons (Fsp3) is 0.286. The predicted octanol–water partition coefficient (Wildman–Crippen LogP) is 5.06.